The standard InChI is InChI=1S/C23H35N5O7/c1-13(2)10-17(23(34)35)27-22(33)18(12-29)28-21(32)16(8-9-19(25)30)26-20(31)15(24)11-14-6-4-3-5-7-14/h3-7,13,15-18,29H,8-12,24H2,1-2H3,(H2,25,30)(H,26,31)(H,27,33)(H,28,32)(H,34,35). The van der Waals surface area contributed by atoms with E-state index in [1.807, 2.05) is 6.07 Å². The number of nitrogens with two attached hydrogens (primary N) is 2. The fourth-order valence-electron chi connectivity index (χ4n) is 3.23. The van der Waals surface area contributed by atoms with E-state index in [1.54, 1.807) is 38.1 Å². The van der Waals surface area contributed by atoms with Crippen molar-refractivity contribution in [1.29, 1.82) is 0 Å². The maximum absolute atomic E-state index is 12.8. The number of rotatable bonds is 15. The van der Waals surface area contributed by atoms with Crippen LogP contribution in [-0.2, 0) is 30.4 Å². The van der Waals surface area contributed by atoms with Gasteiger partial charge in [-0.1, -0.05) is 44.2 Å². The molecule has 1 rings (SSSR count). The van der Waals surface area contributed by atoms with E-state index in [1.165, 1.54) is 0 Å². The highest BCUT2D eigenvalue weighted by Gasteiger charge is 2.30. The predicted octanol–water partition coefficient (Wildman–Crippen LogP) is -1.60. The number of hydrogen-bond acceptors (Lipinski definition) is 7. The van der Waals surface area contributed by atoms with Crippen LogP contribution in [0.2, 0.25) is 0 Å². The minimum atomic E-state index is -1.48. The molecule has 4 amide bonds. The van der Waals surface area contributed by atoms with Crippen LogP contribution in [-0.4, -0.2) is 70.6 Å². The van der Waals surface area contributed by atoms with Crippen molar-refractivity contribution in [1.82, 2.24) is 16.0 Å². The van der Waals surface area contributed by atoms with E-state index >= 15 is 0 Å². The summed E-state index contributed by atoms with van der Waals surface area (Å²) >= 11 is 0. The quantitative estimate of drug-likeness (QED) is 0.151. The van der Waals surface area contributed by atoms with E-state index < -0.39 is 60.4 Å². The lowest BCUT2D eigenvalue weighted by molar-refractivity contribution is -0.143. The van der Waals surface area contributed by atoms with Gasteiger partial charge >= 0.3 is 5.97 Å². The molecule has 4 unspecified atom stereocenters. The topological polar surface area (TPSA) is 214 Å². The van der Waals surface area contributed by atoms with Crippen LogP contribution in [0.3, 0.4) is 0 Å². The molecule has 0 aliphatic rings. The molecule has 9 N–H and O–H groups in total. The van der Waals surface area contributed by atoms with Crippen LogP contribution in [0.5, 0.6) is 0 Å². The van der Waals surface area contributed by atoms with Crippen LogP contribution >= 0.6 is 0 Å². The second-order valence-corrected chi connectivity index (χ2v) is 8.64. The van der Waals surface area contributed by atoms with Gasteiger partial charge in [-0.05, 0) is 30.7 Å². The molecule has 0 heterocycles. The van der Waals surface area contributed by atoms with Gasteiger partial charge in [0.05, 0.1) is 12.6 Å². The molecule has 0 spiro atoms. The molecular weight excluding hydrogens is 458 g/mol. The van der Waals surface area contributed by atoms with Crippen LogP contribution in [0.25, 0.3) is 0 Å². The van der Waals surface area contributed by atoms with Crippen LogP contribution in [0, 0.1) is 5.92 Å². The third-order valence-electron chi connectivity index (χ3n) is 5.08. The Kier molecular flexibility index (Phi) is 12.4. The lowest BCUT2D eigenvalue weighted by atomic mass is 10.0. The number of carboxylic acids is 1. The molecule has 0 aromatic heterocycles. The summed E-state index contributed by atoms with van der Waals surface area (Å²) in [5, 5.41) is 25.9. The fourth-order valence-corrected chi connectivity index (χ4v) is 3.23. The van der Waals surface area contributed by atoms with Crippen molar-refractivity contribution < 1.29 is 34.2 Å². The first-order valence-electron chi connectivity index (χ1n) is 11.3. The maximum Gasteiger partial charge on any atom is 0.326 e. The average molecular weight is 494 g/mol. The smallest absolute Gasteiger partial charge is 0.326 e. The van der Waals surface area contributed by atoms with Gasteiger partial charge in [-0.2, -0.15) is 0 Å². The minimum Gasteiger partial charge on any atom is -0.480 e. The Morgan fingerprint density at radius 2 is 1.43 bits per heavy atom. The Bertz CT molecular complexity index is 878. The Labute approximate surface area is 203 Å². The number of carbonyl (C=O) groups is 5. The highest BCUT2D eigenvalue weighted by Crippen LogP contribution is 2.07. The number of nitrogens with one attached hydrogen (secondary N) is 3. The van der Waals surface area contributed by atoms with E-state index in [0.29, 0.717) is 0 Å². The lowest BCUT2D eigenvalue weighted by Gasteiger charge is -2.24. The average Bonchev–Trinajstić information content (AvgIpc) is 2.79. The number of hydrogen-bond donors (Lipinski definition) is 7. The van der Waals surface area contributed by atoms with Gasteiger partial charge in [0.2, 0.25) is 23.6 Å². The number of carboxylic acid groups (broad SMARTS) is 1. The first-order chi connectivity index (χ1) is 16.4. The van der Waals surface area contributed by atoms with Crippen molar-refractivity contribution in [2.24, 2.45) is 17.4 Å². The van der Waals surface area contributed by atoms with Gasteiger partial charge < -0.3 is 37.6 Å². The third-order valence-corrected chi connectivity index (χ3v) is 5.08. The highest BCUT2D eigenvalue weighted by molar-refractivity contribution is 5.94. The molecule has 12 heteroatoms. The molecule has 0 saturated heterocycles. The van der Waals surface area contributed by atoms with Gasteiger partial charge in [0.15, 0.2) is 0 Å². The number of primary amides is 1. The maximum atomic E-state index is 12.8. The summed E-state index contributed by atoms with van der Waals surface area (Å²) in [5.74, 6) is -4.43. The van der Waals surface area contributed by atoms with Gasteiger partial charge in [-0.3, -0.25) is 19.2 Å². The Morgan fingerprint density at radius 1 is 0.886 bits per heavy atom. The largest absolute Gasteiger partial charge is 0.480 e. The van der Waals surface area contributed by atoms with Gasteiger partial charge in [0.25, 0.3) is 0 Å². The van der Waals surface area contributed by atoms with E-state index in [9.17, 15) is 34.2 Å². The molecule has 0 radical (unpaired) electrons. The Morgan fingerprint density at radius 3 is 1.94 bits per heavy atom. The monoisotopic (exact) mass is 493 g/mol. The summed E-state index contributed by atoms with van der Waals surface area (Å²) in [4.78, 5) is 60.6. The summed E-state index contributed by atoms with van der Waals surface area (Å²) in [6, 6.07) is 4.01. The molecule has 1 aromatic carbocycles. The summed E-state index contributed by atoms with van der Waals surface area (Å²) in [5.41, 5.74) is 11.9. The molecule has 4 atom stereocenters. The first kappa shape index (κ1) is 29.5. The number of aliphatic hydroxyl groups is 1. The lowest BCUT2D eigenvalue weighted by Crippen LogP contribution is -2.58. The molecule has 194 valence electrons. The summed E-state index contributed by atoms with van der Waals surface area (Å²) in [6.07, 6.45) is -0.0672. The fraction of sp³-hybridized carbons (Fsp3) is 0.522. The third kappa shape index (κ3) is 11.0. The molecule has 0 fully saturated rings. The summed E-state index contributed by atoms with van der Waals surface area (Å²) in [7, 11) is 0. The van der Waals surface area contributed by atoms with Crippen LogP contribution in [0.1, 0.15) is 38.7 Å². The minimum absolute atomic E-state index is 0.0351. The first-order valence-corrected chi connectivity index (χ1v) is 11.3. The van der Waals surface area contributed by atoms with Gasteiger partial charge in [-0.25, -0.2) is 4.79 Å². The molecule has 12 nitrogen and oxygen atoms in total. The van der Waals surface area contributed by atoms with Crippen LogP contribution in [0.15, 0.2) is 30.3 Å². The Balaban J connectivity index is 2.87. The van der Waals surface area contributed by atoms with Crippen LogP contribution < -0.4 is 27.4 Å². The van der Waals surface area contributed by atoms with Crippen molar-refractivity contribution in [3.8, 4) is 0 Å². The van der Waals surface area contributed by atoms with Crippen LogP contribution in [0.4, 0.5) is 0 Å². The summed E-state index contributed by atoms with van der Waals surface area (Å²) in [6.45, 7) is 2.74. The van der Waals surface area contributed by atoms with E-state index in [-0.39, 0.29) is 31.6 Å². The van der Waals surface area contributed by atoms with Crippen molar-refractivity contribution in [3.05, 3.63) is 35.9 Å². The van der Waals surface area contributed by atoms with Crippen molar-refractivity contribution in [2.75, 3.05) is 6.61 Å². The van der Waals surface area contributed by atoms with Crippen molar-refractivity contribution in [2.45, 2.75) is 63.7 Å². The molecule has 0 saturated carbocycles. The zero-order valence-corrected chi connectivity index (χ0v) is 19.9. The predicted molar refractivity (Wildman–Crippen MR) is 127 cm³/mol. The normalized spacial score (nSPS) is 14.3. The Hall–Kier alpha value is -3.51. The van der Waals surface area contributed by atoms with E-state index in [0.717, 1.165) is 5.56 Å². The number of aliphatic carboxylic acids is 1. The van der Waals surface area contributed by atoms with Crippen molar-refractivity contribution >= 4 is 29.6 Å². The van der Waals surface area contributed by atoms with Gasteiger partial charge in [0, 0.05) is 6.42 Å². The van der Waals surface area contributed by atoms with E-state index in [4.69, 9.17) is 11.5 Å². The number of amides is 4. The second-order valence-electron chi connectivity index (χ2n) is 8.64. The zero-order valence-electron chi connectivity index (χ0n) is 19.9. The summed E-state index contributed by atoms with van der Waals surface area (Å²) < 4.78 is 0. The number of benzene rings is 1. The molecule has 1 aromatic rings. The second kappa shape index (κ2) is 14.7. The molecule has 0 aliphatic carbocycles. The number of aliphatic hydroxyl groups excluding tert-OH is 1. The molecule has 0 aliphatic heterocycles. The molecule has 35 heavy (non-hydrogen) atoms. The number of carbonyl (C=O) groups excluding carboxylic acids is 4. The highest BCUT2D eigenvalue weighted by atomic mass is 16.4. The van der Waals surface area contributed by atoms with E-state index in [2.05, 4.69) is 16.0 Å². The van der Waals surface area contributed by atoms with Crippen molar-refractivity contribution in [3.63, 3.8) is 0 Å². The zero-order chi connectivity index (χ0) is 26.5. The van der Waals surface area contributed by atoms with Gasteiger partial charge in [-0.15, -0.1) is 0 Å². The SMILES string of the molecule is CC(C)CC(NC(=O)C(CO)NC(=O)C(CCC(N)=O)NC(=O)C(N)Cc1ccccc1)C(=O)O. The van der Waals surface area contributed by atoms with Gasteiger partial charge in [0.1, 0.15) is 18.1 Å². The molecular formula is C23H35N5O7. The molecule has 0 bridgehead atoms.